The fraction of sp³-hybridized carbons (Fsp3) is 0.720. The van der Waals surface area contributed by atoms with Crippen LogP contribution < -0.4 is 0 Å². The summed E-state index contributed by atoms with van der Waals surface area (Å²) in [5, 5.41) is 0. The Kier molecular flexibility index (Phi) is 65.2. The van der Waals surface area contributed by atoms with Crippen molar-refractivity contribution in [1.29, 1.82) is 0 Å². The first-order chi connectivity index (χ1) is 40.0. The van der Waals surface area contributed by atoms with E-state index in [9.17, 15) is 14.4 Å². The molecule has 0 heterocycles. The van der Waals surface area contributed by atoms with Crippen molar-refractivity contribution in [3.63, 3.8) is 0 Å². The van der Waals surface area contributed by atoms with Gasteiger partial charge in [-0.2, -0.15) is 0 Å². The lowest BCUT2D eigenvalue weighted by Gasteiger charge is -2.18. The molecule has 81 heavy (non-hydrogen) atoms. The zero-order chi connectivity index (χ0) is 58.5. The molecule has 0 aliphatic carbocycles. The van der Waals surface area contributed by atoms with Gasteiger partial charge in [0.1, 0.15) is 13.2 Å². The number of hydrogen-bond acceptors (Lipinski definition) is 6. The predicted molar refractivity (Wildman–Crippen MR) is 353 cm³/mol. The third-order valence-electron chi connectivity index (χ3n) is 14.8. The maximum Gasteiger partial charge on any atom is 0.306 e. The Balaban J connectivity index is 4.28. The van der Waals surface area contributed by atoms with Crippen LogP contribution in [0.1, 0.15) is 329 Å². The summed E-state index contributed by atoms with van der Waals surface area (Å²) in [5.74, 6) is -0.946. The molecule has 0 aliphatic heterocycles. The summed E-state index contributed by atoms with van der Waals surface area (Å²) in [4.78, 5) is 38.2. The first kappa shape index (κ1) is 77.1. The van der Waals surface area contributed by atoms with E-state index in [0.29, 0.717) is 19.3 Å². The van der Waals surface area contributed by atoms with E-state index in [1.807, 2.05) is 0 Å². The average molecular weight is 1130 g/mol. The molecule has 0 rings (SSSR count). The number of ether oxygens (including phenoxy) is 3. The summed E-state index contributed by atoms with van der Waals surface area (Å²) in [6.07, 6.45) is 94.2. The normalized spacial score (nSPS) is 12.8. The molecule has 6 nitrogen and oxygen atoms in total. The van der Waals surface area contributed by atoms with Crippen LogP contribution in [0.25, 0.3) is 0 Å². The molecule has 0 bridgehead atoms. The molecule has 0 aromatic heterocycles. The Morgan fingerprint density at radius 3 is 0.753 bits per heavy atom. The van der Waals surface area contributed by atoms with Gasteiger partial charge in [-0.3, -0.25) is 14.4 Å². The van der Waals surface area contributed by atoms with E-state index in [4.69, 9.17) is 14.2 Å². The van der Waals surface area contributed by atoms with Crippen LogP contribution in [0.4, 0.5) is 0 Å². The zero-order valence-corrected chi connectivity index (χ0v) is 53.3. The van der Waals surface area contributed by atoms with Crippen LogP contribution in [-0.4, -0.2) is 37.2 Å². The highest BCUT2D eigenvalue weighted by atomic mass is 16.6. The highest BCUT2D eigenvalue weighted by Crippen LogP contribution is 2.17. The van der Waals surface area contributed by atoms with Crippen LogP contribution in [0.15, 0.2) is 109 Å². The lowest BCUT2D eigenvalue weighted by Crippen LogP contribution is -2.30. The monoisotopic (exact) mass is 1120 g/mol. The van der Waals surface area contributed by atoms with E-state index in [1.54, 1.807) is 0 Å². The molecule has 6 heteroatoms. The molecular weight excluding hydrogens is 997 g/mol. The van der Waals surface area contributed by atoms with Gasteiger partial charge >= 0.3 is 17.9 Å². The molecule has 0 radical (unpaired) electrons. The van der Waals surface area contributed by atoms with Crippen molar-refractivity contribution in [3.8, 4) is 0 Å². The minimum Gasteiger partial charge on any atom is -0.462 e. The van der Waals surface area contributed by atoms with Crippen molar-refractivity contribution in [2.75, 3.05) is 13.2 Å². The van der Waals surface area contributed by atoms with Crippen molar-refractivity contribution in [2.45, 2.75) is 335 Å². The molecule has 0 spiro atoms. The molecular formula is C75H128O6. The second-order valence-electron chi connectivity index (χ2n) is 22.7. The zero-order valence-electron chi connectivity index (χ0n) is 53.3. The van der Waals surface area contributed by atoms with E-state index in [0.717, 1.165) is 103 Å². The van der Waals surface area contributed by atoms with Gasteiger partial charge in [0, 0.05) is 19.3 Å². The van der Waals surface area contributed by atoms with Crippen molar-refractivity contribution in [2.24, 2.45) is 0 Å². The summed E-state index contributed by atoms with van der Waals surface area (Å²) in [5.41, 5.74) is 0. The van der Waals surface area contributed by atoms with Crippen molar-refractivity contribution >= 4 is 17.9 Å². The minimum absolute atomic E-state index is 0.0930. The second-order valence-corrected chi connectivity index (χ2v) is 22.7. The van der Waals surface area contributed by atoms with Crippen molar-refractivity contribution in [3.05, 3.63) is 109 Å². The molecule has 464 valence electrons. The molecule has 1 unspecified atom stereocenters. The predicted octanol–water partition coefficient (Wildman–Crippen LogP) is 23.8. The van der Waals surface area contributed by atoms with E-state index in [2.05, 4.69) is 130 Å². The molecule has 0 aromatic carbocycles. The number of unbranched alkanes of at least 4 members (excludes halogenated alkanes) is 33. The fourth-order valence-corrected chi connectivity index (χ4v) is 9.68. The van der Waals surface area contributed by atoms with Gasteiger partial charge in [0.05, 0.1) is 0 Å². The number of rotatable bonds is 62. The lowest BCUT2D eigenvalue weighted by molar-refractivity contribution is -0.167. The van der Waals surface area contributed by atoms with Gasteiger partial charge in [-0.25, -0.2) is 0 Å². The van der Waals surface area contributed by atoms with E-state index < -0.39 is 6.10 Å². The van der Waals surface area contributed by atoms with Crippen molar-refractivity contribution in [1.82, 2.24) is 0 Å². The summed E-state index contributed by atoms with van der Waals surface area (Å²) < 4.78 is 16.9. The highest BCUT2D eigenvalue weighted by Gasteiger charge is 2.19. The largest absolute Gasteiger partial charge is 0.462 e. The van der Waals surface area contributed by atoms with Crippen LogP contribution in [0.3, 0.4) is 0 Å². The topological polar surface area (TPSA) is 78.9 Å². The smallest absolute Gasteiger partial charge is 0.306 e. The second kappa shape index (κ2) is 68.6. The van der Waals surface area contributed by atoms with Gasteiger partial charge in [-0.1, -0.05) is 336 Å². The third kappa shape index (κ3) is 66.8. The Morgan fingerprint density at radius 1 is 0.259 bits per heavy atom. The van der Waals surface area contributed by atoms with Gasteiger partial charge in [-0.05, 0) is 83.5 Å². The van der Waals surface area contributed by atoms with Gasteiger partial charge in [0.2, 0.25) is 0 Å². The Bertz CT molecular complexity index is 1620. The molecule has 0 amide bonds. The Labute approximate surface area is 501 Å². The number of carbonyl (C=O) groups excluding carboxylic acids is 3. The molecule has 0 saturated carbocycles. The van der Waals surface area contributed by atoms with E-state index in [1.165, 1.54) is 180 Å². The van der Waals surface area contributed by atoms with Crippen LogP contribution in [0, 0.1) is 0 Å². The van der Waals surface area contributed by atoms with Gasteiger partial charge in [0.15, 0.2) is 6.10 Å². The average Bonchev–Trinajstić information content (AvgIpc) is 3.47. The Hall–Kier alpha value is -3.93. The fourth-order valence-electron chi connectivity index (χ4n) is 9.68. The van der Waals surface area contributed by atoms with Crippen LogP contribution in [0.5, 0.6) is 0 Å². The van der Waals surface area contributed by atoms with Gasteiger partial charge < -0.3 is 14.2 Å². The highest BCUT2D eigenvalue weighted by molar-refractivity contribution is 5.71. The molecule has 0 aromatic rings. The summed E-state index contributed by atoms with van der Waals surface area (Å²) in [6, 6.07) is 0. The first-order valence-corrected chi connectivity index (χ1v) is 34.4. The number of hydrogen-bond donors (Lipinski definition) is 0. The third-order valence-corrected chi connectivity index (χ3v) is 14.8. The summed E-state index contributed by atoms with van der Waals surface area (Å²) in [7, 11) is 0. The van der Waals surface area contributed by atoms with E-state index in [-0.39, 0.29) is 37.5 Å². The minimum atomic E-state index is -0.800. The number of carbonyl (C=O) groups is 3. The number of allylic oxidation sites excluding steroid dienone is 18. The summed E-state index contributed by atoms with van der Waals surface area (Å²) >= 11 is 0. The molecule has 0 fully saturated rings. The molecule has 0 N–H and O–H groups in total. The molecule has 0 aliphatic rings. The van der Waals surface area contributed by atoms with Crippen LogP contribution >= 0.6 is 0 Å². The molecule has 0 saturated heterocycles. The quantitative estimate of drug-likeness (QED) is 0.0261. The first-order valence-electron chi connectivity index (χ1n) is 34.4. The molecule has 1 atom stereocenters. The SMILES string of the molecule is CC/C=C\C/C=C\C/C=C\C/C=C\C/C=C\C/C=C\C/C=C\C/C=C\C/C=C\CCCC(=O)OCC(COC(=O)CCCCCCCCCCC)OC(=O)CCCCCCCCCCCCCCCCCCCCCCCCCCC. The van der Waals surface area contributed by atoms with Gasteiger partial charge in [0.25, 0.3) is 0 Å². The number of esters is 3. The van der Waals surface area contributed by atoms with Crippen LogP contribution in [0.2, 0.25) is 0 Å². The van der Waals surface area contributed by atoms with Crippen LogP contribution in [-0.2, 0) is 28.6 Å². The standard InChI is InChI=1S/C75H128O6/c1-4-7-10-13-16-19-21-23-25-27-29-31-33-35-36-37-38-40-41-43-45-47-49-51-53-56-59-62-65-68-74(77)80-71-72(70-79-73(76)67-64-61-58-55-18-15-12-9-6-3)81-75(78)69-66-63-60-57-54-52-50-48-46-44-42-39-34-32-30-28-26-24-22-20-17-14-11-8-5-2/h7,10,16,19,23,25,29,31,35-36,38,40,43,45,49,51,56,59,72H,4-6,8-9,11-15,17-18,20-22,24,26-28,30,32-34,37,39,41-42,44,46-48,50,52-55,57-58,60-71H2,1-3H3/b10-7-,19-16-,25-23-,31-29-,36-35-,40-38-,45-43-,51-49-,59-56-. The lowest BCUT2D eigenvalue weighted by atomic mass is 10.0. The maximum atomic E-state index is 12.9. The van der Waals surface area contributed by atoms with Gasteiger partial charge in [-0.15, -0.1) is 0 Å². The van der Waals surface area contributed by atoms with E-state index >= 15 is 0 Å². The summed E-state index contributed by atoms with van der Waals surface area (Å²) in [6.45, 7) is 6.49. The maximum absolute atomic E-state index is 12.9. The van der Waals surface area contributed by atoms with Crippen molar-refractivity contribution < 1.29 is 28.6 Å². The Morgan fingerprint density at radius 2 is 0.481 bits per heavy atom.